The summed E-state index contributed by atoms with van der Waals surface area (Å²) in [7, 11) is 0. The molecule has 0 aromatic rings. The van der Waals surface area contributed by atoms with Crippen molar-refractivity contribution in [2.45, 2.75) is 349 Å². The summed E-state index contributed by atoms with van der Waals surface area (Å²) >= 11 is 0. The summed E-state index contributed by atoms with van der Waals surface area (Å²) in [5, 5.41) is 12.1. The number of rotatable bonds is 57. The van der Waals surface area contributed by atoms with Crippen LogP contribution in [-0.2, 0) is 19.1 Å². The van der Waals surface area contributed by atoms with Gasteiger partial charge in [0.1, 0.15) is 0 Å². The smallest absolute Gasteiger partial charge is 0.308 e. The number of carbonyl (C=O) groups excluding carboxylic acids is 2. The van der Waals surface area contributed by atoms with E-state index in [1.165, 1.54) is 180 Å². The Labute approximate surface area is 432 Å². The lowest BCUT2D eigenvalue weighted by molar-refractivity contribution is -0.150. The summed E-state index contributed by atoms with van der Waals surface area (Å²) < 4.78 is 11.9. The second-order valence-electron chi connectivity index (χ2n) is 22.2. The largest absolute Gasteiger partial charge is 0.465 e. The highest BCUT2D eigenvalue weighted by molar-refractivity contribution is 5.72. The topological polar surface area (TPSA) is 76.1 Å². The van der Waals surface area contributed by atoms with Crippen LogP contribution in [0.5, 0.6) is 0 Å². The average Bonchev–Trinajstić information content (AvgIpc) is 3.34. The summed E-state index contributed by atoms with van der Waals surface area (Å²) in [6.07, 6.45) is 55.2. The molecule has 6 nitrogen and oxygen atoms in total. The number of ether oxygens (including phenoxy) is 2. The molecule has 412 valence electrons. The molecule has 69 heavy (non-hydrogen) atoms. The molecular weight excluding hydrogens is 851 g/mol. The Kier molecular flexibility index (Phi) is 52.3. The summed E-state index contributed by atoms with van der Waals surface area (Å²) in [4.78, 5) is 29.2. The fourth-order valence-electron chi connectivity index (χ4n) is 10.7. The van der Waals surface area contributed by atoms with Gasteiger partial charge in [0.25, 0.3) is 0 Å². The molecule has 0 amide bonds. The van der Waals surface area contributed by atoms with Crippen LogP contribution in [-0.4, -0.2) is 60.4 Å². The second kappa shape index (κ2) is 53.2. The first-order valence-corrected chi connectivity index (χ1v) is 31.6. The zero-order chi connectivity index (χ0) is 50.6. The van der Waals surface area contributed by atoms with E-state index >= 15 is 0 Å². The maximum absolute atomic E-state index is 13.3. The Balaban J connectivity index is 4.98. The first-order valence-electron chi connectivity index (χ1n) is 31.6. The number of nitrogens with zero attached hydrogens (tertiary/aromatic N) is 1. The predicted octanol–water partition coefficient (Wildman–Crippen LogP) is 19.8. The van der Waals surface area contributed by atoms with Crippen LogP contribution in [0, 0.1) is 11.8 Å². The minimum Gasteiger partial charge on any atom is -0.465 e. The van der Waals surface area contributed by atoms with Gasteiger partial charge in [-0.15, -0.1) is 0 Å². The molecule has 1 N–H and O–H groups in total. The van der Waals surface area contributed by atoms with Crippen molar-refractivity contribution in [1.82, 2.24) is 4.90 Å². The van der Waals surface area contributed by atoms with E-state index in [9.17, 15) is 14.7 Å². The summed E-state index contributed by atoms with van der Waals surface area (Å²) in [5.41, 5.74) is -0.613. The van der Waals surface area contributed by atoms with Gasteiger partial charge in [0.2, 0.25) is 0 Å². The Morgan fingerprint density at radius 3 is 0.899 bits per heavy atom. The van der Waals surface area contributed by atoms with Gasteiger partial charge in [-0.25, -0.2) is 0 Å². The Morgan fingerprint density at radius 2 is 0.594 bits per heavy atom. The maximum atomic E-state index is 13.3. The normalized spacial score (nSPS) is 12.0. The monoisotopic (exact) mass is 976 g/mol. The Bertz CT molecular complexity index is 942. The quantitative estimate of drug-likeness (QED) is 0.0483. The van der Waals surface area contributed by atoms with Gasteiger partial charge in [0.15, 0.2) is 0 Å². The molecule has 0 aliphatic carbocycles. The molecule has 0 unspecified atom stereocenters. The third-order valence-corrected chi connectivity index (χ3v) is 15.3. The highest BCUT2D eigenvalue weighted by Gasteiger charge is 2.26. The predicted molar refractivity (Wildman–Crippen MR) is 301 cm³/mol. The molecule has 0 saturated heterocycles. The number of aliphatic hydroxyl groups is 1. The molecular formula is C63H125NO5. The molecule has 0 aliphatic heterocycles. The Morgan fingerprint density at radius 1 is 0.333 bits per heavy atom. The zero-order valence-electron chi connectivity index (χ0n) is 48.0. The molecule has 0 fully saturated rings. The molecule has 0 aromatic heterocycles. The van der Waals surface area contributed by atoms with Gasteiger partial charge in [0.05, 0.1) is 30.7 Å². The van der Waals surface area contributed by atoms with Gasteiger partial charge in [-0.05, 0) is 103 Å². The molecule has 0 bridgehead atoms. The number of hydrogen-bond donors (Lipinski definition) is 1. The van der Waals surface area contributed by atoms with Crippen LogP contribution < -0.4 is 0 Å². The first-order chi connectivity index (χ1) is 33.8. The minimum absolute atomic E-state index is 0.0535. The third-order valence-electron chi connectivity index (χ3n) is 15.3. The van der Waals surface area contributed by atoms with Gasteiger partial charge < -0.3 is 19.5 Å². The van der Waals surface area contributed by atoms with Crippen LogP contribution in [0.15, 0.2) is 0 Å². The van der Waals surface area contributed by atoms with E-state index in [1.54, 1.807) is 0 Å². The van der Waals surface area contributed by atoms with Crippen molar-refractivity contribution in [3.63, 3.8) is 0 Å². The van der Waals surface area contributed by atoms with Crippen molar-refractivity contribution < 1.29 is 24.2 Å². The lowest BCUT2D eigenvalue weighted by atomic mass is 9.85. The van der Waals surface area contributed by atoms with Gasteiger partial charge in [-0.3, -0.25) is 9.59 Å². The fourth-order valence-corrected chi connectivity index (χ4v) is 10.7. The van der Waals surface area contributed by atoms with E-state index in [0.717, 1.165) is 141 Å². The van der Waals surface area contributed by atoms with E-state index in [-0.39, 0.29) is 23.8 Å². The van der Waals surface area contributed by atoms with E-state index in [4.69, 9.17) is 9.47 Å². The Hall–Kier alpha value is -1.14. The summed E-state index contributed by atoms with van der Waals surface area (Å²) in [5.74, 6) is 0.244. The molecule has 0 heterocycles. The van der Waals surface area contributed by atoms with E-state index < -0.39 is 5.60 Å². The van der Waals surface area contributed by atoms with Crippen LogP contribution in [0.3, 0.4) is 0 Å². The van der Waals surface area contributed by atoms with Crippen LogP contribution in [0.1, 0.15) is 343 Å². The van der Waals surface area contributed by atoms with Crippen LogP contribution in [0.25, 0.3) is 0 Å². The number of esters is 2. The van der Waals surface area contributed by atoms with Gasteiger partial charge in [-0.1, -0.05) is 260 Å². The lowest BCUT2D eigenvalue weighted by Gasteiger charge is -2.29. The number of carbonyl (C=O) groups is 2. The van der Waals surface area contributed by atoms with Crippen LogP contribution in [0.4, 0.5) is 0 Å². The number of unbranched alkanes of at least 4 members (excludes halogenated alkanes) is 31. The highest BCUT2D eigenvalue weighted by Crippen LogP contribution is 2.29. The maximum Gasteiger partial charge on any atom is 0.308 e. The van der Waals surface area contributed by atoms with Crippen molar-refractivity contribution in [2.24, 2.45) is 11.8 Å². The summed E-state index contributed by atoms with van der Waals surface area (Å²) in [6, 6.07) is 0. The molecule has 0 radical (unpaired) electrons. The molecule has 0 saturated carbocycles. The standard InChI is InChI=1S/C63H125NO5/c1-7-13-17-21-25-29-37-47-59(48-38-30-26-22-18-14-8-2)61(65)68-57-45-35-33-41-51-63(67,53-43-44-56-64(54-11-5)55-12-6)52-42-34-36-46-58-69-62(66)60(49-39-31-27-23-19-15-9-3)50-40-32-28-24-20-16-10-4/h59-60,67H,7-58H2,1-6H3. The lowest BCUT2D eigenvalue weighted by Crippen LogP contribution is -2.30. The van der Waals surface area contributed by atoms with Gasteiger partial charge >= 0.3 is 11.9 Å². The van der Waals surface area contributed by atoms with Gasteiger partial charge in [-0.2, -0.15) is 0 Å². The van der Waals surface area contributed by atoms with E-state index in [1.807, 2.05) is 0 Å². The van der Waals surface area contributed by atoms with E-state index in [2.05, 4.69) is 46.4 Å². The van der Waals surface area contributed by atoms with Crippen LogP contribution in [0.2, 0.25) is 0 Å². The summed E-state index contributed by atoms with van der Waals surface area (Å²) in [6.45, 7) is 18.2. The first kappa shape index (κ1) is 67.9. The third kappa shape index (κ3) is 45.2. The second-order valence-corrected chi connectivity index (χ2v) is 22.2. The number of hydrogen-bond acceptors (Lipinski definition) is 6. The van der Waals surface area contributed by atoms with Crippen molar-refractivity contribution in [2.75, 3.05) is 32.8 Å². The van der Waals surface area contributed by atoms with Crippen LogP contribution >= 0.6 is 0 Å². The van der Waals surface area contributed by atoms with E-state index in [0.29, 0.717) is 13.2 Å². The van der Waals surface area contributed by atoms with Crippen molar-refractivity contribution in [1.29, 1.82) is 0 Å². The molecule has 0 atom stereocenters. The average molecular weight is 977 g/mol. The molecule has 0 spiro atoms. The molecule has 0 aliphatic rings. The minimum atomic E-state index is -0.613. The highest BCUT2D eigenvalue weighted by atomic mass is 16.5. The zero-order valence-corrected chi connectivity index (χ0v) is 48.0. The van der Waals surface area contributed by atoms with Crippen molar-refractivity contribution in [3.05, 3.63) is 0 Å². The molecule has 0 aromatic carbocycles. The SMILES string of the molecule is CCCCCCCCCC(CCCCCCCCC)C(=O)OCCCCCCC(O)(CCCCCCOC(=O)C(CCCCCCCCC)CCCCCCCCC)CCCCN(CCC)CCC. The van der Waals surface area contributed by atoms with Crippen molar-refractivity contribution in [3.8, 4) is 0 Å². The van der Waals surface area contributed by atoms with Gasteiger partial charge in [0, 0.05) is 0 Å². The van der Waals surface area contributed by atoms with Crippen molar-refractivity contribution >= 4 is 11.9 Å². The molecule has 0 rings (SSSR count). The molecule has 6 heteroatoms. The fraction of sp³-hybridized carbons (Fsp3) is 0.968.